The van der Waals surface area contributed by atoms with Crippen molar-refractivity contribution in [1.29, 1.82) is 0 Å². The number of ether oxygens (including phenoxy) is 3. The predicted molar refractivity (Wildman–Crippen MR) is 242 cm³/mol. The summed E-state index contributed by atoms with van der Waals surface area (Å²) in [6.07, 6.45) is 18.5. The number of rotatable bonds is 13. The van der Waals surface area contributed by atoms with E-state index in [1.807, 2.05) is 79.0 Å². The van der Waals surface area contributed by atoms with E-state index in [0.717, 1.165) is 71.5 Å². The predicted octanol–water partition coefficient (Wildman–Crippen LogP) is 9.67. The summed E-state index contributed by atoms with van der Waals surface area (Å²) in [7, 11) is 1.61. The van der Waals surface area contributed by atoms with Gasteiger partial charge in [0.05, 0.1) is 16.7 Å². The van der Waals surface area contributed by atoms with Crippen LogP contribution in [0.25, 0.3) is 50.3 Å². The second kappa shape index (κ2) is 16.4. The number of pyridine rings is 2. The summed E-state index contributed by atoms with van der Waals surface area (Å²) < 4.78 is 38.6. The van der Waals surface area contributed by atoms with Gasteiger partial charge in [-0.3, -0.25) is 4.79 Å². The Kier molecular flexibility index (Phi) is 10.4. The minimum atomic E-state index is -0.748. The van der Waals surface area contributed by atoms with E-state index >= 15 is 4.39 Å². The highest BCUT2D eigenvalue weighted by atomic mass is 127. The van der Waals surface area contributed by atoms with Crippen LogP contribution in [0.2, 0.25) is 0 Å². The van der Waals surface area contributed by atoms with Gasteiger partial charge in [0.15, 0.2) is 5.78 Å². The van der Waals surface area contributed by atoms with Crippen molar-refractivity contribution < 1.29 is 23.4 Å². The summed E-state index contributed by atoms with van der Waals surface area (Å²) in [5.41, 5.74) is 9.28. The molecule has 14 heteroatoms. The Labute approximate surface area is 358 Å². The fraction of sp³-hybridized carbons (Fsp3) is 0.149. The zero-order valence-corrected chi connectivity index (χ0v) is 35.0. The van der Waals surface area contributed by atoms with Crippen LogP contribution in [0, 0.1) is 3.57 Å². The molecular formula is C47H38FIN8O4. The van der Waals surface area contributed by atoms with Crippen LogP contribution in [-0.2, 0) is 29.1 Å². The standard InChI is InChI=1S/C47H38FIN8O4/c1-49-35-19-27(11-15-41(35)61-25-42-54-36-8-4-3-5-9-37(36)55-42)44(58)32-22-52-47-31(32)17-29(21-51-47)26-10-13-38-39(20-26)57-43(56-38)24-60-40-14-12-28(18-34(40)48)45(59-2)33-23-53-46-30(33)7-6-16-50-46/h3-8,10-13,15-23,40,45H,1,9,14,24-25H2,2H3,(H,50,53)(H,51,52)(H,54,55)(H,56,57). The van der Waals surface area contributed by atoms with Crippen LogP contribution in [0.1, 0.15) is 57.0 Å². The Morgan fingerprint density at radius 3 is 2.74 bits per heavy atom. The number of hydrogen-bond acceptors (Lipinski definition) is 8. The molecule has 4 N–H and O–H groups in total. The summed E-state index contributed by atoms with van der Waals surface area (Å²) in [6, 6.07) is 17.2. The summed E-state index contributed by atoms with van der Waals surface area (Å²) >= 11 is -0.648. The lowest BCUT2D eigenvalue weighted by atomic mass is 9.95. The van der Waals surface area contributed by atoms with Gasteiger partial charge in [-0.25, -0.2) is 24.3 Å². The summed E-state index contributed by atoms with van der Waals surface area (Å²) in [5.74, 6) is 1.53. The molecule has 0 saturated carbocycles. The molecule has 0 amide bonds. The molecule has 0 radical (unpaired) electrons. The topological polar surface area (TPSA) is 159 Å². The van der Waals surface area contributed by atoms with E-state index in [0.29, 0.717) is 40.2 Å². The van der Waals surface area contributed by atoms with E-state index in [-0.39, 0.29) is 24.8 Å². The number of methoxy groups -OCH3 is 1. The third-order valence-corrected chi connectivity index (χ3v) is 12.6. The van der Waals surface area contributed by atoms with Crippen molar-refractivity contribution in [2.45, 2.75) is 38.3 Å². The van der Waals surface area contributed by atoms with E-state index < -0.39 is 32.9 Å². The minimum absolute atomic E-state index is 0.0929. The molecule has 2 unspecified atom stereocenters. The second-order valence-corrected chi connectivity index (χ2v) is 16.6. The third kappa shape index (κ3) is 7.58. The molecule has 304 valence electrons. The van der Waals surface area contributed by atoms with Crippen molar-refractivity contribution in [3.05, 3.63) is 164 Å². The Morgan fingerprint density at radius 1 is 0.967 bits per heavy atom. The smallest absolute Gasteiger partial charge is 0.195 e. The number of hydrogen-bond donors (Lipinski definition) is 4. The number of aromatic amines is 4. The molecule has 2 aliphatic carbocycles. The number of halogens is 2. The second-order valence-electron chi connectivity index (χ2n) is 14.7. The highest BCUT2D eigenvalue weighted by Gasteiger charge is 2.26. The molecule has 2 aromatic carbocycles. The van der Waals surface area contributed by atoms with Gasteiger partial charge in [0.1, 0.15) is 59.9 Å². The van der Waals surface area contributed by atoms with Crippen LogP contribution >= 0.6 is 20.7 Å². The van der Waals surface area contributed by atoms with Crippen LogP contribution < -0.4 is 4.74 Å². The van der Waals surface area contributed by atoms with Crippen molar-refractivity contribution in [2.75, 3.05) is 7.11 Å². The van der Waals surface area contributed by atoms with Gasteiger partial charge in [0.2, 0.25) is 0 Å². The van der Waals surface area contributed by atoms with E-state index in [1.165, 1.54) is 6.08 Å². The molecule has 2 aliphatic rings. The fourth-order valence-corrected chi connectivity index (χ4v) is 9.16. The molecule has 0 saturated heterocycles. The first-order valence-electron chi connectivity index (χ1n) is 19.6. The van der Waals surface area contributed by atoms with Crippen molar-refractivity contribution >= 4 is 70.2 Å². The van der Waals surface area contributed by atoms with Gasteiger partial charge >= 0.3 is 0 Å². The Hall–Kier alpha value is -6.62. The van der Waals surface area contributed by atoms with Crippen LogP contribution in [0.4, 0.5) is 4.39 Å². The number of carbonyl (C=O) groups excluding carboxylic acids is 1. The van der Waals surface area contributed by atoms with E-state index in [2.05, 4.69) is 45.5 Å². The number of benzene rings is 2. The molecule has 10 rings (SSSR count). The van der Waals surface area contributed by atoms with E-state index in [9.17, 15) is 4.79 Å². The Bertz CT molecular complexity index is 3130. The third-order valence-electron chi connectivity index (χ3n) is 10.9. The number of ketones is 1. The highest BCUT2D eigenvalue weighted by molar-refractivity contribution is 14.2. The summed E-state index contributed by atoms with van der Waals surface area (Å²) in [6.45, 7) is 0.375. The quantitative estimate of drug-likeness (QED) is 0.0658. The number of nitrogens with zero attached hydrogens (tertiary/aromatic N) is 4. The van der Waals surface area contributed by atoms with Crippen molar-refractivity contribution in [3.63, 3.8) is 0 Å². The SMILES string of the molecule is C=Ic1cc(C(=O)c2c[nH]c3ncc(-c4ccc5nc(COC6CC=C(C(OC)c7c[nH]c8ncccc78)C=C6F)[nH]c5c4)cc23)ccc1OCc1nc2c([nH]1)CC=CC=C2. The summed E-state index contributed by atoms with van der Waals surface area (Å²) in [4.78, 5) is 45.4. The van der Waals surface area contributed by atoms with Gasteiger partial charge < -0.3 is 34.1 Å². The molecule has 0 spiro atoms. The van der Waals surface area contributed by atoms with Gasteiger partial charge in [0.25, 0.3) is 0 Å². The molecule has 0 aliphatic heterocycles. The normalized spacial score (nSPS) is 15.5. The lowest BCUT2D eigenvalue weighted by Gasteiger charge is -2.23. The number of allylic oxidation sites excluding steroid dienone is 3. The van der Waals surface area contributed by atoms with Gasteiger partial charge in [-0.15, -0.1) is 0 Å². The molecule has 6 aromatic heterocycles. The largest absolute Gasteiger partial charge is 0.485 e. The van der Waals surface area contributed by atoms with Crippen molar-refractivity contribution in [2.24, 2.45) is 0 Å². The molecule has 0 bridgehead atoms. The monoisotopic (exact) mass is 924 g/mol. The molecule has 2 atom stereocenters. The minimum Gasteiger partial charge on any atom is -0.485 e. The average molecular weight is 925 g/mol. The lowest BCUT2D eigenvalue weighted by molar-refractivity contribution is 0.0461. The maximum Gasteiger partial charge on any atom is 0.195 e. The maximum atomic E-state index is 15.5. The Balaban J connectivity index is 0.815. The number of H-pyrrole nitrogens is 4. The van der Waals surface area contributed by atoms with Crippen molar-refractivity contribution in [1.82, 2.24) is 39.9 Å². The van der Waals surface area contributed by atoms with Gasteiger partial charge in [-0.2, -0.15) is 0 Å². The number of carbonyl (C=O) groups is 1. The average Bonchev–Trinajstić information content (AvgIpc) is 4.08. The molecular weight excluding hydrogens is 886 g/mol. The number of aromatic nitrogens is 8. The van der Waals surface area contributed by atoms with Crippen molar-refractivity contribution in [3.8, 4) is 16.9 Å². The van der Waals surface area contributed by atoms with Gasteiger partial charge in [-0.1, -0.05) is 55.6 Å². The number of fused-ring (bicyclic) bond motifs is 4. The number of nitrogens with one attached hydrogen (secondary N) is 4. The highest BCUT2D eigenvalue weighted by Crippen LogP contribution is 2.36. The van der Waals surface area contributed by atoms with Crippen LogP contribution in [0.3, 0.4) is 0 Å². The molecule has 6 heterocycles. The lowest BCUT2D eigenvalue weighted by Crippen LogP contribution is -2.18. The molecule has 61 heavy (non-hydrogen) atoms. The summed E-state index contributed by atoms with van der Waals surface area (Å²) in [5, 5.41) is 1.64. The van der Waals surface area contributed by atoms with Crippen LogP contribution in [-0.4, -0.2) is 63.4 Å². The first kappa shape index (κ1) is 38.6. The maximum absolute atomic E-state index is 15.5. The zero-order valence-electron chi connectivity index (χ0n) is 32.8. The zero-order chi connectivity index (χ0) is 41.5. The fourth-order valence-electron chi connectivity index (χ4n) is 7.89. The van der Waals surface area contributed by atoms with Gasteiger partial charge in [-0.05, 0) is 78.2 Å². The van der Waals surface area contributed by atoms with E-state index in [4.69, 9.17) is 19.2 Å². The van der Waals surface area contributed by atoms with Crippen LogP contribution in [0.15, 0.2) is 121 Å². The molecule has 0 fully saturated rings. The van der Waals surface area contributed by atoms with Gasteiger partial charge in [0, 0.05) is 80.6 Å². The van der Waals surface area contributed by atoms with E-state index in [1.54, 1.807) is 31.8 Å². The first-order valence-corrected chi connectivity index (χ1v) is 22.2. The number of imidazole rings is 2. The molecule has 8 aromatic rings. The first-order chi connectivity index (χ1) is 29.9. The Morgan fingerprint density at radius 2 is 1.85 bits per heavy atom. The molecule has 12 nitrogen and oxygen atoms in total. The van der Waals surface area contributed by atoms with Crippen LogP contribution in [0.5, 0.6) is 5.75 Å².